The third-order valence-electron chi connectivity index (χ3n) is 6.64. The zero-order chi connectivity index (χ0) is 20.8. The van der Waals surface area contributed by atoms with E-state index in [4.69, 9.17) is 4.74 Å². The summed E-state index contributed by atoms with van der Waals surface area (Å²) in [5.74, 6) is -2.34. The van der Waals surface area contributed by atoms with Crippen molar-refractivity contribution in [1.82, 2.24) is 9.88 Å². The molecule has 1 aromatic heterocycles. The lowest BCUT2D eigenvalue weighted by atomic mass is 9.81. The first-order valence-corrected chi connectivity index (χ1v) is 9.86. The van der Waals surface area contributed by atoms with Crippen LogP contribution in [0.15, 0.2) is 18.3 Å². The third kappa shape index (κ3) is 3.91. The molecule has 2 atom stereocenters. The molecule has 1 aliphatic heterocycles. The van der Waals surface area contributed by atoms with Crippen LogP contribution in [-0.2, 0) is 4.79 Å². The number of hydrogen-bond donors (Lipinski definition) is 1. The van der Waals surface area contributed by atoms with Gasteiger partial charge >= 0.3 is 12.1 Å². The van der Waals surface area contributed by atoms with Gasteiger partial charge in [0.25, 0.3) is 0 Å². The molecule has 2 unspecified atom stereocenters. The van der Waals surface area contributed by atoms with Gasteiger partial charge in [0.2, 0.25) is 5.91 Å². The molecule has 2 saturated carbocycles. The molecule has 0 aromatic carbocycles. The van der Waals surface area contributed by atoms with Gasteiger partial charge in [0.15, 0.2) is 11.4 Å². The molecule has 1 aromatic rings. The first kappa shape index (κ1) is 20.0. The summed E-state index contributed by atoms with van der Waals surface area (Å²) in [6.07, 6.45) is -1.28. The topological polar surface area (TPSA) is 79.7 Å². The van der Waals surface area contributed by atoms with E-state index >= 15 is 0 Å². The highest BCUT2D eigenvalue weighted by atomic mass is 19.4. The first-order chi connectivity index (χ1) is 13.7. The van der Waals surface area contributed by atoms with Gasteiger partial charge in [-0.05, 0) is 50.2 Å². The molecule has 1 N–H and O–H groups in total. The molecule has 1 saturated heterocycles. The summed E-state index contributed by atoms with van der Waals surface area (Å²) in [5.41, 5.74) is -0.335. The number of ether oxygens (including phenoxy) is 1. The number of nitrogens with zero attached hydrogens (tertiary/aromatic N) is 2. The number of carbonyl (C=O) groups is 2. The van der Waals surface area contributed by atoms with E-state index in [-0.39, 0.29) is 54.4 Å². The fourth-order valence-electron chi connectivity index (χ4n) is 4.80. The zero-order valence-corrected chi connectivity index (χ0v) is 15.8. The van der Waals surface area contributed by atoms with Gasteiger partial charge < -0.3 is 14.7 Å². The van der Waals surface area contributed by atoms with Crippen molar-refractivity contribution in [2.45, 2.75) is 38.3 Å². The Morgan fingerprint density at radius 1 is 1.28 bits per heavy atom. The Balaban J connectivity index is 1.32. The highest BCUT2D eigenvalue weighted by Crippen LogP contribution is 2.58. The van der Waals surface area contributed by atoms with E-state index in [0.29, 0.717) is 25.6 Å². The predicted octanol–water partition coefficient (Wildman–Crippen LogP) is 3.38. The fraction of sp³-hybridized carbons (Fsp3) is 0.650. The maximum absolute atomic E-state index is 12.8. The smallest absolute Gasteiger partial charge is 0.391 e. The number of carboxylic acids is 1. The summed E-state index contributed by atoms with van der Waals surface area (Å²) in [5, 5.41) is 9.19. The highest BCUT2D eigenvalue weighted by molar-refractivity contribution is 5.88. The van der Waals surface area contributed by atoms with Crippen molar-refractivity contribution in [3.63, 3.8) is 0 Å². The summed E-state index contributed by atoms with van der Waals surface area (Å²) in [6, 6.07) is 3.16. The molecule has 1 amide bonds. The number of piperidine rings is 1. The number of likely N-dealkylation sites (tertiary alicyclic amines) is 1. The van der Waals surface area contributed by atoms with E-state index in [1.54, 1.807) is 17.0 Å². The molecule has 29 heavy (non-hydrogen) atoms. The first-order valence-electron chi connectivity index (χ1n) is 9.86. The van der Waals surface area contributed by atoms with Crippen LogP contribution in [-0.4, -0.2) is 52.7 Å². The van der Waals surface area contributed by atoms with Crippen LogP contribution in [0.4, 0.5) is 13.2 Å². The van der Waals surface area contributed by atoms with Gasteiger partial charge in [-0.15, -0.1) is 0 Å². The van der Waals surface area contributed by atoms with Crippen LogP contribution in [0.25, 0.3) is 0 Å². The van der Waals surface area contributed by atoms with E-state index in [0.717, 1.165) is 6.42 Å². The molecule has 4 rings (SSSR count). The minimum atomic E-state index is -4.17. The Kier molecular flexibility index (Phi) is 4.94. The van der Waals surface area contributed by atoms with Crippen molar-refractivity contribution in [1.29, 1.82) is 0 Å². The Hall–Kier alpha value is -2.32. The molecule has 0 bridgehead atoms. The van der Waals surface area contributed by atoms with Crippen molar-refractivity contribution in [2.24, 2.45) is 23.2 Å². The number of rotatable bonds is 5. The lowest BCUT2D eigenvalue weighted by Crippen LogP contribution is -2.40. The molecular formula is C20H23F3N2O4. The minimum Gasteiger partial charge on any atom is -0.490 e. The Labute approximate surface area is 166 Å². The fourth-order valence-corrected chi connectivity index (χ4v) is 4.80. The summed E-state index contributed by atoms with van der Waals surface area (Å²) in [6.45, 7) is 1.41. The van der Waals surface area contributed by atoms with E-state index in [1.165, 1.54) is 6.20 Å². The van der Waals surface area contributed by atoms with Crippen LogP contribution in [0.5, 0.6) is 5.75 Å². The number of amides is 1. The van der Waals surface area contributed by atoms with Gasteiger partial charge in [-0.3, -0.25) is 4.79 Å². The van der Waals surface area contributed by atoms with Gasteiger partial charge in [0, 0.05) is 30.6 Å². The van der Waals surface area contributed by atoms with Crippen LogP contribution in [0.1, 0.15) is 42.6 Å². The minimum absolute atomic E-state index is 0.0183. The number of hydrogen-bond acceptors (Lipinski definition) is 4. The summed E-state index contributed by atoms with van der Waals surface area (Å²) in [4.78, 5) is 29.6. The lowest BCUT2D eigenvalue weighted by Gasteiger charge is -2.32. The number of alkyl halides is 3. The van der Waals surface area contributed by atoms with Crippen LogP contribution in [0.3, 0.4) is 0 Å². The molecule has 0 spiro atoms. The number of aromatic nitrogens is 1. The molecule has 3 aliphatic rings. The van der Waals surface area contributed by atoms with Gasteiger partial charge in [0.1, 0.15) is 0 Å². The molecule has 158 valence electrons. The monoisotopic (exact) mass is 412 g/mol. The SMILES string of the molecule is O=C(O)c1ncccc1OCC12CC1CN(C(=O)[C@H]1CC[C@H](C(F)(F)F)CC1)C2. The third-order valence-corrected chi connectivity index (χ3v) is 6.64. The normalized spacial score (nSPS) is 31.3. The van der Waals surface area contributed by atoms with Crippen molar-refractivity contribution in [3.8, 4) is 5.75 Å². The second-order valence-corrected chi connectivity index (χ2v) is 8.52. The standard InChI is InChI=1S/C20H23F3N2O4/c21-20(22,23)13-5-3-12(4-6-13)17(26)25-9-14-8-19(14,10-25)11-29-15-2-1-7-24-16(15)18(27)28/h1-2,7,12-14H,3-6,8-11H2,(H,27,28)/t12-,13-,14?,19?. The number of carboxylic acid groups (broad SMARTS) is 1. The molecule has 2 aliphatic carbocycles. The average Bonchev–Trinajstić information content (AvgIpc) is 3.25. The van der Waals surface area contributed by atoms with Crippen LogP contribution in [0, 0.1) is 23.2 Å². The largest absolute Gasteiger partial charge is 0.490 e. The highest BCUT2D eigenvalue weighted by Gasteiger charge is 2.61. The van der Waals surface area contributed by atoms with Crippen molar-refractivity contribution >= 4 is 11.9 Å². The number of pyridine rings is 1. The second kappa shape index (κ2) is 7.18. The maximum atomic E-state index is 12.8. The Bertz CT molecular complexity index is 807. The lowest BCUT2D eigenvalue weighted by molar-refractivity contribution is -0.185. The summed E-state index contributed by atoms with van der Waals surface area (Å²) >= 11 is 0. The van der Waals surface area contributed by atoms with E-state index in [2.05, 4.69) is 4.98 Å². The molecule has 6 nitrogen and oxygen atoms in total. The van der Waals surface area contributed by atoms with E-state index < -0.39 is 18.1 Å². The Morgan fingerprint density at radius 2 is 2.00 bits per heavy atom. The molecule has 2 heterocycles. The van der Waals surface area contributed by atoms with E-state index in [1.807, 2.05) is 0 Å². The maximum Gasteiger partial charge on any atom is 0.391 e. The van der Waals surface area contributed by atoms with Gasteiger partial charge in [-0.1, -0.05) is 0 Å². The van der Waals surface area contributed by atoms with Crippen molar-refractivity contribution in [2.75, 3.05) is 19.7 Å². The summed E-state index contributed by atoms with van der Waals surface area (Å²) < 4.78 is 44.2. The van der Waals surface area contributed by atoms with Gasteiger partial charge in [0.05, 0.1) is 12.5 Å². The molecule has 0 radical (unpaired) electrons. The number of fused-ring (bicyclic) bond motifs is 1. The molecule has 3 fully saturated rings. The number of aromatic carboxylic acids is 1. The molecule has 9 heteroatoms. The Morgan fingerprint density at radius 3 is 2.66 bits per heavy atom. The van der Waals surface area contributed by atoms with Crippen LogP contribution >= 0.6 is 0 Å². The average molecular weight is 412 g/mol. The predicted molar refractivity (Wildman–Crippen MR) is 95.3 cm³/mol. The van der Waals surface area contributed by atoms with Gasteiger partial charge in [-0.2, -0.15) is 13.2 Å². The zero-order valence-electron chi connectivity index (χ0n) is 15.8. The van der Waals surface area contributed by atoms with Gasteiger partial charge in [-0.25, -0.2) is 9.78 Å². The second-order valence-electron chi connectivity index (χ2n) is 8.52. The quantitative estimate of drug-likeness (QED) is 0.802. The van der Waals surface area contributed by atoms with Crippen LogP contribution in [0.2, 0.25) is 0 Å². The number of halogens is 3. The van der Waals surface area contributed by atoms with E-state index in [9.17, 15) is 27.9 Å². The summed E-state index contributed by atoms with van der Waals surface area (Å²) in [7, 11) is 0. The van der Waals surface area contributed by atoms with Crippen LogP contribution < -0.4 is 4.74 Å². The molecular weight excluding hydrogens is 389 g/mol. The van der Waals surface area contributed by atoms with Crippen molar-refractivity contribution in [3.05, 3.63) is 24.0 Å². The van der Waals surface area contributed by atoms with Crippen molar-refractivity contribution < 1.29 is 32.6 Å². The number of carbonyl (C=O) groups excluding carboxylic acids is 1.